The molecule has 2 rings (SSSR count). The number of nitrogens with zero attached hydrogens (tertiary/aromatic N) is 1. The maximum Gasteiger partial charge on any atom is 0.195 e. The molecule has 1 fully saturated rings. The molecule has 1 heterocycles. The Bertz CT molecular complexity index is 514. The van der Waals surface area contributed by atoms with Crippen molar-refractivity contribution in [3.8, 4) is 11.5 Å². The Labute approximate surface area is 138 Å². The van der Waals surface area contributed by atoms with Crippen LogP contribution in [0.4, 0.5) is 5.69 Å². The van der Waals surface area contributed by atoms with E-state index < -0.39 is 0 Å². The summed E-state index contributed by atoms with van der Waals surface area (Å²) < 4.78 is 16.5. The summed E-state index contributed by atoms with van der Waals surface area (Å²) >= 11 is 0. The van der Waals surface area contributed by atoms with Crippen LogP contribution in [0, 0.1) is 0 Å². The molecule has 2 N–H and O–H groups in total. The fraction of sp³-hybridized carbons (Fsp3) is 0.588. The number of aliphatic imine (C=N–C) groups is 1. The topological polar surface area (TPSA) is 64.1 Å². The Kier molecular flexibility index (Phi) is 7.00. The summed E-state index contributed by atoms with van der Waals surface area (Å²) in [6.45, 7) is 4.28. The van der Waals surface area contributed by atoms with Gasteiger partial charge >= 0.3 is 0 Å². The van der Waals surface area contributed by atoms with E-state index in [2.05, 4.69) is 15.6 Å². The highest BCUT2D eigenvalue weighted by atomic mass is 16.5. The lowest BCUT2D eigenvalue weighted by Gasteiger charge is -2.15. The molecule has 1 aromatic rings. The molecule has 0 saturated carbocycles. The molecule has 128 valence electrons. The molecule has 6 heteroatoms. The minimum atomic E-state index is 0.381. The molecule has 1 saturated heterocycles. The summed E-state index contributed by atoms with van der Waals surface area (Å²) in [5.41, 5.74) is 0.899. The van der Waals surface area contributed by atoms with Crippen molar-refractivity contribution in [3.05, 3.63) is 18.2 Å². The quantitative estimate of drug-likeness (QED) is 0.597. The second kappa shape index (κ2) is 9.25. The van der Waals surface area contributed by atoms with Crippen molar-refractivity contribution in [3.63, 3.8) is 0 Å². The molecule has 0 aromatic heterocycles. The number of nitrogens with one attached hydrogen (secondary N) is 2. The standard InChI is InChI=1S/C17H27N3O3/c1-4-22-15-8-7-13(12-16(15)21-3)20-17(18-2)19-10-9-14-6-5-11-23-14/h7-8,12,14H,4-6,9-11H2,1-3H3,(H2,18,19,20). The third kappa shape index (κ3) is 5.32. The molecule has 0 aliphatic carbocycles. The van der Waals surface area contributed by atoms with Crippen LogP contribution in [0.15, 0.2) is 23.2 Å². The summed E-state index contributed by atoms with van der Waals surface area (Å²) in [6, 6.07) is 5.74. The van der Waals surface area contributed by atoms with Gasteiger partial charge < -0.3 is 24.8 Å². The molecule has 1 atom stereocenters. The first-order valence-corrected chi connectivity index (χ1v) is 8.17. The summed E-state index contributed by atoms with van der Waals surface area (Å²) in [4.78, 5) is 4.24. The zero-order valence-corrected chi connectivity index (χ0v) is 14.2. The number of anilines is 1. The van der Waals surface area contributed by atoms with E-state index in [-0.39, 0.29) is 0 Å². The molecular formula is C17H27N3O3. The molecule has 6 nitrogen and oxygen atoms in total. The van der Waals surface area contributed by atoms with Crippen LogP contribution >= 0.6 is 0 Å². The largest absolute Gasteiger partial charge is 0.493 e. The fourth-order valence-electron chi connectivity index (χ4n) is 2.56. The van der Waals surface area contributed by atoms with Crippen LogP contribution in [0.1, 0.15) is 26.2 Å². The van der Waals surface area contributed by atoms with Gasteiger partial charge in [0.1, 0.15) is 0 Å². The van der Waals surface area contributed by atoms with Crippen LogP contribution in [-0.2, 0) is 4.74 Å². The lowest BCUT2D eigenvalue weighted by atomic mass is 10.2. The highest BCUT2D eigenvalue weighted by Crippen LogP contribution is 2.30. The third-order valence-electron chi connectivity index (χ3n) is 3.73. The van der Waals surface area contributed by atoms with Gasteiger partial charge in [0.15, 0.2) is 17.5 Å². The van der Waals surface area contributed by atoms with Gasteiger partial charge in [0.05, 0.1) is 19.8 Å². The second-order valence-corrected chi connectivity index (χ2v) is 5.35. The Balaban J connectivity index is 1.87. The number of methoxy groups -OCH3 is 1. The van der Waals surface area contributed by atoms with E-state index in [0.717, 1.165) is 43.4 Å². The Morgan fingerprint density at radius 1 is 1.39 bits per heavy atom. The van der Waals surface area contributed by atoms with Gasteiger partial charge in [-0.2, -0.15) is 0 Å². The summed E-state index contributed by atoms with van der Waals surface area (Å²) in [6.07, 6.45) is 3.70. The van der Waals surface area contributed by atoms with Gasteiger partial charge in [0.2, 0.25) is 0 Å². The van der Waals surface area contributed by atoms with Gasteiger partial charge in [0.25, 0.3) is 0 Å². The van der Waals surface area contributed by atoms with Crippen molar-refractivity contribution < 1.29 is 14.2 Å². The monoisotopic (exact) mass is 321 g/mol. The van der Waals surface area contributed by atoms with Crippen LogP contribution in [0.2, 0.25) is 0 Å². The Hall–Kier alpha value is -1.95. The molecule has 1 aromatic carbocycles. The van der Waals surface area contributed by atoms with Gasteiger partial charge in [-0.25, -0.2) is 0 Å². The van der Waals surface area contributed by atoms with E-state index in [1.54, 1.807) is 14.2 Å². The predicted octanol–water partition coefficient (Wildman–Crippen LogP) is 2.65. The average molecular weight is 321 g/mol. The van der Waals surface area contributed by atoms with Crippen LogP contribution in [-0.4, -0.2) is 46.0 Å². The zero-order valence-electron chi connectivity index (χ0n) is 14.2. The zero-order chi connectivity index (χ0) is 16.5. The summed E-state index contributed by atoms with van der Waals surface area (Å²) in [5.74, 6) is 2.17. The van der Waals surface area contributed by atoms with Crippen LogP contribution in [0.25, 0.3) is 0 Å². The fourth-order valence-corrected chi connectivity index (χ4v) is 2.56. The van der Waals surface area contributed by atoms with E-state index in [1.165, 1.54) is 6.42 Å². The van der Waals surface area contributed by atoms with E-state index in [9.17, 15) is 0 Å². The van der Waals surface area contributed by atoms with Gasteiger partial charge in [-0.05, 0) is 38.3 Å². The Morgan fingerprint density at radius 3 is 2.91 bits per heavy atom. The number of hydrogen-bond acceptors (Lipinski definition) is 4. The number of guanidine groups is 1. The third-order valence-corrected chi connectivity index (χ3v) is 3.73. The summed E-state index contributed by atoms with van der Waals surface area (Å²) in [5, 5.41) is 6.57. The lowest BCUT2D eigenvalue weighted by Crippen LogP contribution is -2.32. The predicted molar refractivity (Wildman–Crippen MR) is 92.7 cm³/mol. The summed E-state index contributed by atoms with van der Waals surface area (Å²) in [7, 11) is 3.39. The van der Waals surface area contributed by atoms with Crippen LogP contribution in [0.5, 0.6) is 11.5 Å². The van der Waals surface area contributed by atoms with Gasteiger partial charge in [0, 0.05) is 32.0 Å². The van der Waals surface area contributed by atoms with Crippen LogP contribution in [0.3, 0.4) is 0 Å². The number of benzene rings is 1. The van der Waals surface area contributed by atoms with Crippen molar-refractivity contribution in [1.82, 2.24) is 5.32 Å². The molecule has 1 aliphatic heterocycles. The van der Waals surface area contributed by atoms with Crippen molar-refractivity contribution in [2.45, 2.75) is 32.3 Å². The molecule has 0 amide bonds. The SMILES string of the molecule is CCOc1ccc(NC(=NC)NCCC2CCCO2)cc1OC. The van der Waals surface area contributed by atoms with E-state index in [0.29, 0.717) is 18.5 Å². The van der Waals surface area contributed by atoms with Crippen molar-refractivity contribution >= 4 is 11.6 Å². The highest BCUT2D eigenvalue weighted by molar-refractivity contribution is 5.93. The first-order valence-electron chi connectivity index (χ1n) is 8.17. The molecule has 1 unspecified atom stereocenters. The molecule has 0 spiro atoms. The molecule has 23 heavy (non-hydrogen) atoms. The number of ether oxygens (including phenoxy) is 3. The maximum atomic E-state index is 5.62. The minimum Gasteiger partial charge on any atom is -0.493 e. The van der Waals surface area contributed by atoms with Crippen molar-refractivity contribution in [2.24, 2.45) is 4.99 Å². The van der Waals surface area contributed by atoms with Gasteiger partial charge in [-0.1, -0.05) is 0 Å². The molecule has 0 bridgehead atoms. The van der Waals surface area contributed by atoms with Crippen LogP contribution < -0.4 is 20.1 Å². The Morgan fingerprint density at radius 2 is 2.26 bits per heavy atom. The van der Waals surface area contributed by atoms with E-state index in [4.69, 9.17) is 14.2 Å². The van der Waals surface area contributed by atoms with E-state index >= 15 is 0 Å². The van der Waals surface area contributed by atoms with Gasteiger partial charge in [-0.15, -0.1) is 0 Å². The first-order chi connectivity index (χ1) is 11.3. The van der Waals surface area contributed by atoms with Gasteiger partial charge in [-0.3, -0.25) is 4.99 Å². The maximum absolute atomic E-state index is 5.62. The average Bonchev–Trinajstić information content (AvgIpc) is 3.08. The minimum absolute atomic E-state index is 0.381. The highest BCUT2D eigenvalue weighted by Gasteiger charge is 2.15. The van der Waals surface area contributed by atoms with Crippen molar-refractivity contribution in [1.29, 1.82) is 0 Å². The molecular weight excluding hydrogens is 294 g/mol. The lowest BCUT2D eigenvalue weighted by molar-refractivity contribution is 0.105. The first kappa shape index (κ1) is 17.4. The molecule has 1 aliphatic rings. The van der Waals surface area contributed by atoms with Crippen molar-refractivity contribution in [2.75, 3.05) is 39.2 Å². The second-order valence-electron chi connectivity index (χ2n) is 5.35. The smallest absolute Gasteiger partial charge is 0.195 e. The number of rotatable bonds is 7. The molecule has 0 radical (unpaired) electrons. The van der Waals surface area contributed by atoms with E-state index in [1.807, 2.05) is 25.1 Å². The number of hydrogen-bond donors (Lipinski definition) is 2. The normalized spacial score (nSPS) is 17.9.